The summed E-state index contributed by atoms with van der Waals surface area (Å²) >= 11 is 0. The second kappa shape index (κ2) is 11.4. The number of Topliss-reactive ketones (excluding diaryl/α,β-unsaturated/α-hetero) is 1. The van der Waals surface area contributed by atoms with Crippen LogP contribution >= 0.6 is 0 Å². The van der Waals surface area contributed by atoms with Gasteiger partial charge < -0.3 is 9.16 Å². The van der Waals surface area contributed by atoms with Crippen LogP contribution in [-0.2, 0) is 4.43 Å². The molecule has 40 heavy (non-hydrogen) atoms. The minimum Gasteiger partial charge on any atom is -0.489 e. The number of hydrogen-bond acceptors (Lipinski definition) is 4. The molecule has 0 aliphatic heterocycles. The van der Waals surface area contributed by atoms with E-state index in [1.165, 1.54) is 44.9 Å². The third-order valence-corrected chi connectivity index (χ3v) is 14.8. The Kier molecular flexibility index (Phi) is 8.31. The second-order valence-electron chi connectivity index (χ2n) is 14.0. The minimum absolute atomic E-state index is 0.0162. The highest BCUT2D eigenvalue weighted by Crippen LogP contribution is 2.52. The van der Waals surface area contributed by atoms with Gasteiger partial charge in [-0.1, -0.05) is 57.5 Å². The smallest absolute Gasteiger partial charge is 0.192 e. The van der Waals surface area contributed by atoms with E-state index >= 15 is 0 Å². The molecule has 5 nitrogen and oxygen atoms in total. The number of nitrogens with zero attached hydrogens (tertiary/aromatic N) is 2. The third kappa shape index (κ3) is 6.08. The van der Waals surface area contributed by atoms with E-state index in [2.05, 4.69) is 46.0 Å². The molecule has 2 heterocycles. The molecule has 2 aromatic heterocycles. The van der Waals surface area contributed by atoms with Crippen molar-refractivity contribution in [3.8, 4) is 5.75 Å². The summed E-state index contributed by atoms with van der Waals surface area (Å²) in [4.78, 5) is 18.7. The Bertz CT molecular complexity index is 1310. The lowest BCUT2D eigenvalue weighted by atomic mass is 9.59. The van der Waals surface area contributed by atoms with Gasteiger partial charge in [-0.15, -0.1) is 0 Å². The standard InChI is InChI=1S/C34H48N2O3Si/c1-25-31(29(37)22-28(27-12-8-7-9-13-27)24-39-40(5,6)33(2,3)4)36-21-10-14-30(32(36)35-25)38-23-26-15-19-34(20-16-26)17-11-18-34/h7-10,12-14,21,26,28H,11,15-20,22-24H2,1-6H3/t28-/m0/s1. The van der Waals surface area contributed by atoms with Gasteiger partial charge in [0, 0.05) is 25.1 Å². The van der Waals surface area contributed by atoms with E-state index in [-0.39, 0.29) is 16.7 Å². The Morgan fingerprint density at radius 1 is 1.07 bits per heavy atom. The molecule has 1 aromatic carbocycles. The van der Waals surface area contributed by atoms with Crippen molar-refractivity contribution < 1.29 is 14.0 Å². The van der Waals surface area contributed by atoms with Gasteiger partial charge in [-0.3, -0.25) is 9.20 Å². The molecule has 0 bridgehead atoms. The summed E-state index contributed by atoms with van der Waals surface area (Å²) in [5.74, 6) is 1.45. The number of pyridine rings is 1. The number of imidazole rings is 1. The summed E-state index contributed by atoms with van der Waals surface area (Å²) in [5.41, 5.74) is 3.95. The maximum atomic E-state index is 13.9. The second-order valence-corrected chi connectivity index (χ2v) is 18.8. The van der Waals surface area contributed by atoms with Crippen molar-refractivity contribution in [3.05, 3.63) is 65.6 Å². The van der Waals surface area contributed by atoms with Gasteiger partial charge in [-0.05, 0) is 92.6 Å². The minimum atomic E-state index is -1.96. The molecule has 3 aromatic rings. The summed E-state index contributed by atoms with van der Waals surface area (Å²) < 4.78 is 14.9. The summed E-state index contributed by atoms with van der Waals surface area (Å²) in [6.45, 7) is 14.5. The molecule has 5 rings (SSSR count). The Balaban J connectivity index is 1.31. The van der Waals surface area contributed by atoms with Gasteiger partial charge in [0.1, 0.15) is 5.69 Å². The number of aromatic nitrogens is 2. The topological polar surface area (TPSA) is 52.8 Å². The Hall–Kier alpha value is -2.44. The van der Waals surface area contributed by atoms with E-state index in [1.807, 2.05) is 47.9 Å². The third-order valence-electron chi connectivity index (χ3n) is 10.3. The number of ketones is 1. The SMILES string of the molecule is Cc1nc2c(OCC3CCC4(CCC4)CC3)cccn2c1C(=O)C[C@@H](CO[Si](C)(C)C(C)(C)C)c1ccccc1. The van der Waals surface area contributed by atoms with Crippen molar-refractivity contribution in [1.82, 2.24) is 9.38 Å². The first kappa shape index (κ1) is 29.1. The van der Waals surface area contributed by atoms with Crippen LogP contribution < -0.4 is 4.74 Å². The Morgan fingerprint density at radius 3 is 2.40 bits per heavy atom. The molecule has 0 amide bonds. The van der Waals surface area contributed by atoms with Crippen LogP contribution in [0.1, 0.15) is 99.8 Å². The van der Waals surface area contributed by atoms with Crippen molar-refractivity contribution >= 4 is 19.7 Å². The van der Waals surface area contributed by atoms with Crippen molar-refractivity contribution in [2.24, 2.45) is 11.3 Å². The summed E-state index contributed by atoms with van der Waals surface area (Å²) in [6.07, 6.45) is 11.8. The molecule has 2 aliphatic rings. The number of rotatable bonds is 10. The fraction of sp³-hybridized carbons (Fsp3) is 0.588. The van der Waals surface area contributed by atoms with Crippen LogP contribution in [0.5, 0.6) is 5.75 Å². The number of ether oxygens (including phenoxy) is 1. The first-order chi connectivity index (χ1) is 19.0. The van der Waals surface area contributed by atoms with E-state index in [0.717, 1.165) is 29.3 Å². The molecular weight excluding hydrogens is 512 g/mol. The van der Waals surface area contributed by atoms with Crippen LogP contribution in [0.2, 0.25) is 18.1 Å². The molecule has 0 saturated heterocycles. The first-order valence-electron chi connectivity index (χ1n) is 15.3. The van der Waals surface area contributed by atoms with E-state index in [1.54, 1.807) is 0 Å². The van der Waals surface area contributed by atoms with Crippen LogP contribution in [0.3, 0.4) is 0 Å². The van der Waals surface area contributed by atoms with Gasteiger partial charge in [0.2, 0.25) is 0 Å². The molecule has 1 atom stereocenters. The van der Waals surface area contributed by atoms with E-state index in [4.69, 9.17) is 14.1 Å². The van der Waals surface area contributed by atoms with Crippen LogP contribution in [0, 0.1) is 18.3 Å². The quantitative estimate of drug-likeness (QED) is 0.184. The zero-order valence-electron chi connectivity index (χ0n) is 25.5. The van der Waals surface area contributed by atoms with E-state index in [9.17, 15) is 4.79 Å². The van der Waals surface area contributed by atoms with Gasteiger partial charge in [-0.25, -0.2) is 4.98 Å². The van der Waals surface area contributed by atoms with Crippen LogP contribution in [-0.4, -0.2) is 36.7 Å². The highest BCUT2D eigenvalue weighted by molar-refractivity contribution is 6.74. The monoisotopic (exact) mass is 560 g/mol. The Labute approximate surface area is 241 Å². The van der Waals surface area contributed by atoms with Crippen molar-refractivity contribution in [2.45, 2.75) is 103 Å². The number of carbonyl (C=O) groups excluding carboxylic acids is 1. The molecule has 0 unspecified atom stereocenters. The van der Waals surface area contributed by atoms with Crippen molar-refractivity contribution in [2.75, 3.05) is 13.2 Å². The van der Waals surface area contributed by atoms with E-state index in [0.29, 0.717) is 30.1 Å². The summed E-state index contributed by atoms with van der Waals surface area (Å²) in [7, 11) is -1.96. The first-order valence-corrected chi connectivity index (χ1v) is 18.2. The fourth-order valence-electron chi connectivity index (χ4n) is 6.29. The maximum Gasteiger partial charge on any atom is 0.192 e. The lowest BCUT2D eigenvalue weighted by Crippen LogP contribution is -2.41. The van der Waals surface area contributed by atoms with Gasteiger partial charge in [0.05, 0.1) is 12.3 Å². The lowest BCUT2D eigenvalue weighted by Gasteiger charge is -2.47. The molecule has 0 N–H and O–H groups in total. The molecule has 1 spiro atoms. The van der Waals surface area contributed by atoms with Crippen LogP contribution in [0.15, 0.2) is 48.7 Å². The maximum absolute atomic E-state index is 13.9. The van der Waals surface area contributed by atoms with Gasteiger partial charge in [0.25, 0.3) is 0 Å². The van der Waals surface area contributed by atoms with Crippen molar-refractivity contribution in [3.63, 3.8) is 0 Å². The molecule has 216 valence electrons. The molecule has 0 radical (unpaired) electrons. The zero-order chi connectivity index (χ0) is 28.5. The largest absolute Gasteiger partial charge is 0.489 e. The highest BCUT2D eigenvalue weighted by Gasteiger charge is 2.40. The fourth-order valence-corrected chi connectivity index (χ4v) is 7.34. The van der Waals surface area contributed by atoms with Crippen molar-refractivity contribution in [1.29, 1.82) is 0 Å². The van der Waals surface area contributed by atoms with Crippen LogP contribution in [0.25, 0.3) is 5.65 Å². The molecule has 2 fully saturated rings. The normalized spacial score (nSPS) is 18.6. The lowest BCUT2D eigenvalue weighted by molar-refractivity contribution is 0.0433. The summed E-state index contributed by atoms with van der Waals surface area (Å²) in [5, 5.41) is 0.114. The molecule has 2 saturated carbocycles. The number of hydrogen-bond donors (Lipinski definition) is 0. The average Bonchev–Trinajstić information content (AvgIpc) is 3.25. The molecule has 2 aliphatic carbocycles. The zero-order valence-corrected chi connectivity index (χ0v) is 26.5. The predicted molar refractivity (Wildman–Crippen MR) is 165 cm³/mol. The number of carbonyl (C=O) groups is 1. The van der Waals surface area contributed by atoms with Gasteiger partial charge in [0.15, 0.2) is 25.5 Å². The number of fused-ring (bicyclic) bond motifs is 1. The highest BCUT2D eigenvalue weighted by atomic mass is 28.4. The average molecular weight is 561 g/mol. The Morgan fingerprint density at radius 2 is 1.77 bits per heavy atom. The van der Waals surface area contributed by atoms with Gasteiger partial charge in [-0.2, -0.15) is 0 Å². The molecular formula is C34H48N2O3Si. The van der Waals surface area contributed by atoms with Gasteiger partial charge >= 0.3 is 0 Å². The van der Waals surface area contributed by atoms with E-state index < -0.39 is 8.32 Å². The number of benzene rings is 1. The van der Waals surface area contributed by atoms with Crippen LogP contribution in [0.4, 0.5) is 0 Å². The molecule has 6 heteroatoms. The summed E-state index contributed by atoms with van der Waals surface area (Å²) in [6, 6.07) is 14.3. The predicted octanol–water partition coefficient (Wildman–Crippen LogP) is 8.76. The number of aryl methyl sites for hydroxylation is 1.